The maximum absolute atomic E-state index is 13.6. The molecule has 0 radical (unpaired) electrons. The first-order chi connectivity index (χ1) is 11.2. The second kappa shape index (κ2) is 6.66. The molecule has 1 atom stereocenters. The van der Waals surface area contributed by atoms with Crippen LogP contribution in [-0.2, 0) is 9.59 Å². The lowest BCUT2D eigenvalue weighted by molar-refractivity contribution is -0.144. The van der Waals surface area contributed by atoms with Gasteiger partial charge in [-0.25, -0.2) is 9.18 Å². The number of nitrogens with one attached hydrogen (secondary N) is 1. The number of furan rings is 1. The second-order valence-corrected chi connectivity index (χ2v) is 5.66. The second-order valence-electron chi connectivity index (χ2n) is 5.66. The number of carbonyl (C=O) groups excluding carboxylic acids is 2. The molecule has 0 aliphatic carbocycles. The van der Waals surface area contributed by atoms with Gasteiger partial charge in [-0.05, 0) is 31.5 Å². The average Bonchev–Trinajstić information content (AvgIpc) is 3.00. The number of aldehydes is 1. The van der Waals surface area contributed by atoms with Gasteiger partial charge in [0.1, 0.15) is 5.76 Å². The van der Waals surface area contributed by atoms with E-state index in [-0.39, 0.29) is 11.3 Å². The molecule has 0 saturated carbocycles. The number of hydrogen-bond acceptors (Lipinski definition) is 4. The van der Waals surface area contributed by atoms with E-state index >= 15 is 0 Å². The summed E-state index contributed by atoms with van der Waals surface area (Å²) in [5.74, 6) is -1.69. The van der Waals surface area contributed by atoms with E-state index in [1.165, 1.54) is 18.2 Å². The molecule has 24 heavy (non-hydrogen) atoms. The van der Waals surface area contributed by atoms with Crippen molar-refractivity contribution in [3.63, 3.8) is 0 Å². The molecule has 1 aromatic carbocycles. The van der Waals surface area contributed by atoms with Gasteiger partial charge in [-0.3, -0.25) is 9.59 Å². The summed E-state index contributed by atoms with van der Waals surface area (Å²) < 4.78 is 18.9. The molecule has 2 N–H and O–H groups in total. The molecule has 0 saturated heterocycles. The predicted octanol–water partition coefficient (Wildman–Crippen LogP) is 2.75. The molecule has 2 aromatic rings. The van der Waals surface area contributed by atoms with Crippen LogP contribution in [0.15, 0.2) is 40.8 Å². The lowest BCUT2D eigenvalue weighted by atomic mass is 10.0. The van der Waals surface area contributed by atoms with Crippen molar-refractivity contribution >= 4 is 18.2 Å². The number of aliphatic carboxylic acids is 1. The maximum Gasteiger partial charge on any atom is 0.330 e. The van der Waals surface area contributed by atoms with Crippen molar-refractivity contribution in [3.05, 3.63) is 47.7 Å². The molecular formula is C17H16FNO5. The summed E-state index contributed by atoms with van der Waals surface area (Å²) >= 11 is 0. The number of carbonyl (C=O) groups is 3. The largest absolute Gasteiger partial charge is 0.479 e. The number of carboxylic acids is 1. The maximum atomic E-state index is 13.6. The van der Waals surface area contributed by atoms with E-state index in [1.807, 2.05) is 0 Å². The van der Waals surface area contributed by atoms with Gasteiger partial charge in [0.25, 0.3) is 5.91 Å². The standard InChI is InChI=1S/C17H16FNO5/c1-17(2,18)16(23)19-14(15(21)22)11-5-3-10(4-6-11)13-8-7-12(9-20)24-13/h3-9,14H,1-2H3,(H,19,23)(H,21,22). The highest BCUT2D eigenvalue weighted by Gasteiger charge is 2.31. The average molecular weight is 333 g/mol. The van der Waals surface area contributed by atoms with Crippen molar-refractivity contribution in [1.29, 1.82) is 0 Å². The van der Waals surface area contributed by atoms with Crippen molar-refractivity contribution < 1.29 is 28.3 Å². The third-order valence-electron chi connectivity index (χ3n) is 3.33. The highest BCUT2D eigenvalue weighted by Crippen LogP contribution is 2.24. The Balaban J connectivity index is 2.24. The highest BCUT2D eigenvalue weighted by atomic mass is 19.1. The van der Waals surface area contributed by atoms with Crippen LogP contribution in [0.2, 0.25) is 0 Å². The van der Waals surface area contributed by atoms with E-state index in [0.29, 0.717) is 17.6 Å². The predicted molar refractivity (Wildman–Crippen MR) is 83.2 cm³/mol. The van der Waals surface area contributed by atoms with Gasteiger partial charge in [-0.15, -0.1) is 0 Å². The summed E-state index contributed by atoms with van der Waals surface area (Å²) in [7, 11) is 0. The quantitative estimate of drug-likeness (QED) is 0.792. The molecule has 1 heterocycles. The highest BCUT2D eigenvalue weighted by molar-refractivity contribution is 5.89. The summed E-state index contributed by atoms with van der Waals surface area (Å²) in [6, 6.07) is 7.91. The Morgan fingerprint density at radius 2 is 1.83 bits per heavy atom. The van der Waals surface area contributed by atoms with E-state index in [0.717, 1.165) is 13.8 Å². The first-order valence-electron chi connectivity index (χ1n) is 7.10. The van der Waals surface area contributed by atoms with Crippen molar-refractivity contribution in [3.8, 4) is 11.3 Å². The first-order valence-corrected chi connectivity index (χ1v) is 7.10. The lowest BCUT2D eigenvalue weighted by Crippen LogP contribution is -2.43. The molecule has 0 spiro atoms. The molecule has 1 amide bonds. The Kier molecular flexibility index (Phi) is 4.82. The van der Waals surface area contributed by atoms with E-state index < -0.39 is 23.6 Å². The van der Waals surface area contributed by atoms with Gasteiger partial charge in [-0.1, -0.05) is 24.3 Å². The Morgan fingerprint density at radius 1 is 1.21 bits per heavy atom. The van der Waals surface area contributed by atoms with Crippen molar-refractivity contribution in [2.45, 2.75) is 25.6 Å². The number of halogens is 1. The van der Waals surface area contributed by atoms with Crippen LogP contribution >= 0.6 is 0 Å². The summed E-state index contributed by atoms with van der Waals surface area (Å²) in [4.78, 5) is 33.7. The normalized spacial score (nSPS) is 12.5. The monoisotopic (exact) mass is 333 g/mol. The number of carboxylic acid groups (broad SMARTS) is 1. The van der Waals surface area contributed by atoms with Crippen molar-refractivity contribution in [2.75, 3.05) is 0 Å². The summed E-state index contributed by atoms with van der Waals surface area (Å²) in [5, 5.41) is 11.4. The van der Waals surface area contributed by atoms with Crippen LogP contribution in [0.5, 0.6) is 0 Å². The van der Waals surface area contributed by atoms with Crippen LogP contribution in [0.1, 0.15) is 36.0 Å². The van der Waals surface area contributed by atoms with E-state index in [1.54, 1.807) is 18.2 Å². The number of amides is 1. The van der Waals surface area contributed by atoms with E-state index in [9.17, 15) is 23.9 Å². The van der Waals surface area contributed by atoms with Gasteiger partial charge < -0.3 is 14.8 Å². The fourth-order valence-corrected chi connectivity index (χ4v) is 2.00. The summed E-state index contributed by atoms with van der Waals surface area (Å²) in [6.45, 7) is 2.09. The molecular weight excluding hydrogens is 317 g/mol. The lowest BCUT2D eigenvalue weighted by Gasteiger charge is -2.19. The number of rotatable bonds is 6. The Morgan fingerprint density at radius 3 is 2.29 bits per heavy atom. The van der Waals surface area contributed by atoms with Gasteiger partial charge in [-0.2, -0.15) is 0 Å². The molecule has 7 heteroatoms. The molecule has 0 fully saturated rings. The zero-order valence-corrected chi connectivity index (χ0v) is 13.1. The number of hydrogen-bond donors (Lipinski definition) is 2. The smallest absolute Gasteiger partial charge is 0.330 e. The Labute approximate surface area is 137 Å². The molecule has 1 aromatic heterocycles. The molecule has 0 aliphatic rings. The van der Waals surface area contributed by atoms with E-state index in [4.69, 9.17) is 4.42 Å². The van der Waals surface area contributed by atoms with Crippen LogP contribution in [0.4, 0.5) is 4.39 Å². The van der Waals surface area contributed by atoms with Gasteiger partial charge in [0.2, 0.25) is 0 Å². The number of benzene rings is 1. The molecule has 6 nitrogen and oxygen atoms in total. The van der Waals surface area contributed by atoms with Gasteiger partial charge in [0.05, 0.1) is 0 Å². The Hall–Kier alpha value is -2.96. The summed E-state index contributed by atoms with van der Waals surface area (Å²) in [5.41, 5.74) is -1.27. The fourth-order valence-electron chi connectivity index (χ4n) is 2.00. The topological polar surface area (TPSA) is 96.6 Å². The minimum Gasteiger partial charge on any atom is -0.479 e. The molecule has 0 aliphatic heterocycles. The van der Waals surface area contributed by atoms with Gasteiger partial charge in [0.15, 0.2) is 23.8 Å². The van der Waals surface area contributed by atoms with Crippen molar-refractivity contribution in [2.24, 2.45) is 0 Å². The summed E-state index contributed by atoms with van der Waals surface area (Å²) in [6.07, 6.45) is 0.576. The minimum atomic E-state index is -2.19. The SMILES string of the molecule is CC(C)(F)C(=O)NC(C(=O)O)c1ccc(-c2ccc(C=O)o2)cc1. The van der Waals surface area contributed by atoms with Crippen LogP contribution in [0.3, 0.4) is 0 Å². The van der Waals surface area contributed by atoms with Crippen molar-refractivity contribution in [1.82, 2.24) is 5.32 Å². The van der Waals surface area contributed by atoms with Crippen LogP contribution in [0.25, 0.3) is 11.3 Å². The van der Waals surface area contributed by atoms with Crippen LogP contribution < -0.4 is 5.32 Å². The van der Waals surface area contributed by atoms with Crippen LogP contribution in [-0.4, -0.2) is 28.9 Å². The molecule has 1 unspecified atom stereocenters. The van der Waals surface area contributed by atoms with Gasteiger partial charge in [0, 0.05) is 5.56 Å². The van der Waals surface area contributed by atoms with Gasteiger partial charge >= 0.3 is 5.97 Å². The zero-order chi connectivity index (χ0) is 17.9. The van der Waals surface area contributed by atoms with E-state index in [2.05, 4.69) is 5.32 Å². The Bertz CT molecular complexity index is 758. The minimum absolute atomic E-state index is 0.176. The molecule has 126 valence electrons. The third-order valence-corrected chi connectivity index (χ3v) is 3.33. The molecule has 2 rings (SSSR count). The van der Waals surface area contributed by atoms with Crippen LogP contribution in [0, 0.1) is 0 Å². The third kappa shape index (κ3) is 3.87. The molecule has 0 bridgehead atoms. The first kappa shape index (κ1) is 17.4. The fraction of sp³-hybridized carbons (Fsp3) is 0.235. The zero-order valence-electron chi connectivity index (χ0n) is 13.1. The number of alkyl halides is 1.